The third-order valence-electron chi connectivity index (χ3n) is 3.21. The van der Waals surface area contributed by atoms with Crippen LogP contribution in [0.4, 0.5) is 4.39 Å². The lowest BCUT2D eigenvalue weighted by Gasteiger charge is -2.16. The molecular weight excluding hydrogens is 219 g/mol. The van der Waals surface area contributed by atoms with Crippen LogP contribution in [0.1, 0.15) is 12.0 Å². The first-order valence-electron chi connectivity index (χ1n) is 6.03. The van der Waals surface area contributed by atoms with E-state index in [-0.39, 0.29) is 11.6 Å². The smallest absolute Gasteiger partial charge is 0.127 e. The van der Waals surface area contributed by atoms with Gasteiger partial charge in [0.2, 0.25) is 0 Å². The minimum Gasteiger partial charge on any atom is -0.508 e. The lowest BCUT2D eigenvalue weighted by molar-refractivity contribution is 0.314. The van der Waals surface area contributed by atoms with Gasteiger partial charge >= 0.3 is 0 Å². The first-order valence-corrected chi connectivity index (χ1v) is 6.03. The van der Waals surface area contributed by atoms with Crippen LogP contribution in [0.5, 0.6) is 5.75 Å². The number of phenols is 1. The molecule has 0 amide bonds. The second-order valence-corrected chi connectivity index (χ2v) is 4.77. The maximum absolute atomic E-state index is 13.1. The Bertz CT molecular complexity index is 363. The highest BCUT2D eigenvalue weighted by molar-refractivity contribution is 5.28. The molecule has 1 aliphatic heterocycles. The van der Waals surface area contributed by atoms with Gasteiger partial charge in [0.25, 0.3) is 0 Å². The van der Waals surface area contributed by atoms with Crippen molar-refractivity contribution in [3.63, 3.8) is 0 Å². The molecule has 1 aromatic rings. The Hall–Kier alpha value is -1.13. The Morgan fingerprint density at radius 3 is 3.00 bits per heavy atom. The van der Waals surface area contributed by atoms with E-state index in [0.29, 0.717) is 12.5 Å². The molecule has 3 nitrogen and oxygen atoms in total. The lowest BCUT2D eigenvalue weighted by Crippen LogP contribution is -2.24. The largest absolute Gasteiger partial charge is 0.508 e. The first kappa shape index (κ1) is 12.3. The number of rotatable bonds is 4. The molecule has 2 rings (SSSR count). The fraction of sp³-hybridized carbons (Fsp3) is 0.538. The average molecular weight is 238 g/mol. The molecule has 1 aliphatic rings. The van der Waals surface area contributed by atoms with E-state index >= 15 is 0 Å². The summed E-state index contributed by atoms with van der Waals surface area (Å²) in [6, 6.07) is 4.26. The Kier molecular flexibility index (Phi) is 3.97. The zero-order chi connectivity index (χ0) is 12.3. The van der Waals surface area contributed by atoms with E-state index < -0.39 is 0 Å². The van der Waals surface area contributed by atoms with Crippen LogP contribution >= 0.6 is 0 Å². The monoisotopic (exact) mass is 238 g/mol. The summed E-state index contributed by atoms with van der Waals surface area (Å²) >= 11 is 0. The molecule has 1 atom stereocenters. The minimum atomic E-state index is -0.369. The molecule has 17 heavy (non-hydrogen) atoms. The molecule has 1 unspecified atom stereocenters. The molecule has 1 aromatic carbocycles. The number of benzene rings is 1. The zero-order valence-electron chi connectivity index (χ0n) is 10.1. The molecule has 0 aromatic heterocycles. The molecule has 94 valence electrons. The van der Waals surface area contributed by atoms with Crippen LogP contribution in [-0.4, -0.2) is 36.7 Å². The minimum absolute atomic E-state index is 0.00553. The van der Waals surface area contributed by atoms with Gasteiger partial charge in [-0.05, 0) is 50.2 Å². The van der Waals surface area contributed by atoms with Crippen molar-refractivity contribution in [3.8, 4) is 5.75 Å². The maximum atomic E-state index is 13.1. The van der Waals surface area contributed by atoms with Crippen molar-refractivity contribution in [2.24, 2.45) is 5.92 Å². The normalized spacial score (nSPS) is 20.9. The third-order valence-corrected chi connectivity index (χ3v) is 3.21. The number of nitrogens with one attached hydrogen (secondary N) is 1. The van der Waals surface area contributed by atoms with Gasteiger partial charge in [0.1, 0.15) is 11.6 Å². The quantitative estimate of drug-likeness (QED) is 0.836. The number of likely N-dealkylation sites (tertiary alicyclic amines) is 1. The van der Waals surface area contributed by atoms with Crippen LogP contribution in [0.2, 0.25) is 0 Å². The molecule has 1 fully saturated rings. The van der Waals surface area contributed by atoms with Gasteiger partial charge in [-0.15, -0.1) is 0 Å². The summed E-state index contributed by atoms with van der Waals surface area (Å²) in [4.78, 5) is 2.30. The van der Waals surface area contributed by atoms with E-state index in [9.17, 15) is 9.50 Å². The van der Waals surface area contributed by atoms with Gasteiger partial charge in [-0.2, -0.15) is 0 Å². The van der Waals surface area contributed by atoms with Crippen molar-refractivity contribution in [3.05, 3.63) is 29.6 Å². The second kappa shape index (κ2) is 5.47. The number of phenolic OH excluding ortho intramolecular Hbond substituents is 1. The highest BCUT2D eigenvalue weighted by Crippen LogP contribution is 2.20. The molecule has 0 aliphatic carbocycles. The molecule has 1 heterocycles. The molecular formula is C13H19FN2O. The third kappa shape index (κ3) is 3.41. The summed E-state index contributed by atoms with van der Waals surface area (Å²) < 4.78 is 13.1. The molecule has 0 bridgehead atoms. The Morgan fingerprint density at radius 2 is 2.29 bits per heavy atom. The summed E-state index contributed by atoms with van der Waals surface area (Å²) in [5.74, 6) is 0.319. The van der Waals surface area contributed by atoms with Gasteiger partial charge in [-0.3, -0.25) is 4.90 Å². The number of hydrogen-bond donors (Lipinski definition) is 2. The summed E-state index contributed by atoms with van der Waals surface area (Å²) in [6.45, 7) is 3.83. The number of hydrogen-bond acceptors (Lipinski definition) is 3. The number of halogens is 1. The van der Waals surface area contributed by atoms with E-state index in [4.69, 9.17) is 0 Å². The summed E-state index contributed by atoms with van der Waals surface area (Å²) in [5.41, 5.74) is 0.840. The van der Waals surface area contributed by atoms with Gasteiger partial charge in [0, 0.05) is 19.2 Å². The molecule has 1 saturated heterocycles. The lowest BCUT2D eigenvalue weighted by atomic mass is 10.1. The van der Waals surface area contributed by atoms with Gasteiger partial charge in [0.05, 0.1) is 0 Å². The van der Waals surface area contributed by atoms with Crippen molar-refractivity contribution >= 4 is 0 Å². The van der Waals surface area contributed by atoms with Crippen LogP contribution in [0.15, 0.2) is 18.2 Å². The topological polar surface area (TPSA) is 35.5 Å². The van der Waals surface area contributed by atoms with Crippen molar-refractivity contribution in [1.82, 2.24) is 10.2 Å². The van der Waals surface area contributed by atoms with E-state index in [2.05, 4.69) is 10.2 Å². The molecule has 0 saturated carbocycles. The zero-order valence-corrected chi connectivity index (χ0v) is 10.1. The van der Waals surface area contributed by atoms with Gasteiger partial charge < -0.3 is 10.4 Å². The predicted octanol–water partition coefficient (Wildman–Crippen LogP) is 1.57. The highest BCUT2D eigenvalue weighted by atomic mass is 19.1. The summed E-state index contributed by atoms with van der Waals surface area (Å²) in [7, 11) is 1.97. The van der Waals surface area contributed by atoms with E-state index in [1.807, 2.05) is 7.05 Å². The van der Waals surface area contributed by atoms with Crippen LogP contribution in [0, 0.1) is 11.7 Å². The van der Waals surface area contributed by atoms with Crippen LogP contribution in [0.25, 0.3) is 0 Å². The SMILES string of the molecule is CNCC1CCN(Cc2cc(O)cc(F)c2)C1. The number of nitrogens with zero attached hydrogens (tertiary/aromatic N) is 1. The van der Waals surface area contributed by atoms with Crippen LogP contribution in [0.3, 0.4) is 0 Å². The first-order chi connectivity index (χ1) is 8.17. The van der Waals surface area contributed by atoms with Crippen molar-refractivity contribution < 1.29 is 9.50 Å². The average Bonchev–Trinajstić information content (AvgIpc) is 2.64. The Balaban J connectivity index is 1.93. The van der Waals surface area contributed by atoms with Crippen molar-refractivity contribution in [2.45, 2.75) is 13.0 Å². The van der Waals surface area contributed by atoms with Crippen LogP contribution in [-0.2, 0) is 6.54 Å². The molecule has 4 heteroatoms. The predicted molar refractivity (Wildman–Crippen MR) is 65.4 cm³/mol. The van der Waals surface area contributed by atoms with Gasteiger partial charge in [-0.25, -0.2) is 4.39 Å². The maximum Gasteiger partial charge on any atom is 0.127 e. The van der Waals surface area contributed by atoms with Gasteiger partial charge in [-0.1, -0.05) is 0 Å². The standard InChI is InChI=1S/C13H19FN2O/c1-15-7-10-2-3-16(8-10)9-11-4-12(14)6-13(17)5-11/h4-6,10,15,17H,2-3,7-9H2,1H3. The second-order valence-electron chi connectivity index (χ2n) is 4.77. The Morgan fingerprint density at radius 1 is 1.47 bits per heavy atom. The Labute approximate surface area is 101 Å². The van der Waals surface area contributed by atoms with E-state index in [0.717, 1.165) is 31.3 Å². The highest BCUT2D eigenvalue weighted by Gasteiger charge is 2.21. The summed E-state index contributed by atoms with van der Waals surface area (Å²) in [6.07, 6.45) is 1.18. The summed E-state index contributed by atoms with van der Waals surface area (Å²) in [5, 5.41) is 12.5. The fourth-order valence-corrected chi connectivity index (χ4v) is 2.49. The molecule has 2 N–H and O–H groups in total. The van der Waals surface area contributed by atoms with Gasteiger partial charge in [0.15, 0.2) is 0 Å². The number of aromatic hydroxyl groups is 1. The fourth-order valence-electron chi connectivity index (χ4n) is 2.49. The molecule has 0 radical (unpaired) electrons. The van der Waals surface area contributed by atoms with Crippen molar-refractivity contribution in [1.29, 1.82) is 0 Å². The van der Waals surface area contributed by atoms with Crippen molar-refractivity contribution in [2.75, 3.05) is 26.7 Å². The molecule has 0 spiro atoms. The van der Waals surface area contributed by atoms with E-state index in [1.54, 1.807) is 6.07 Å². The van der Waals surface area contributed by atoms with Crippen LogP contribution < -0.4 is 5.32 Å². The van der Waals surface area contributed by atoms with E-state index in [1.165, 1.54) is 12.5 Å².